The maximum atomic E-state index is 9.41. The second kappa shape index (κ2) is 12.8. The zero-order chi connectivity index (χ0) is 37.1. The lowest BCUT2D eigenvalue weighted by molar-refractivity contribution is 0.661. The van der Waals surface area contributed by atoms with Crippen LogP contribution in [0, 0.1) is 11.3 Å². The fraction of sp³-hybridized carbons (Fsp3) is 0.0577. The highest BCUT2D eigenvalue weighted by Crippen LogP contribution is 2.53. The molecular formula is C52H35N3. The quantitative estimate of drug-likeness (QED) is 0.179. The summed E-state index contributed by atoms with van der Waals surface area (Å²) >= 11 is 0. The van der Waals surface area contributed by atoms with Gasteiger partial charge in [0.05, 0.1) is 23.0 Å². The van der Waals surface area contributed by atoms with Crippen molar-refractivity contribution in [2.75, 3.05) is 0 Å². The van der Waals surface area contributed by atoms with Crippen LogP contribution < -0.4 is 0 Å². The number of nitrogens with zero attached hydrogens (tertiary/aromatic N) is 3. The first-order valence-electron chi connectivity index (χ1n) is 18.7. The highest BCUT2D eigenvalue weighted by Gasteiger charge is 2.37. The van der Waals surface area contributed by atoms with Crippen LogP contribution in [0.15, 0.2) is 176 Å². The molecule has 3 heteroatoms. The van der Waals surface area contributed by atoms with E-state index in [2.05, 4.69) is 153 Å². The Kier molecular flexibility index (Phi) is 7.54. The zero-order valence-electron chi connectivity index (χ0n) is 30.6. The van der Waals surface area contributed by atoms with Gasteiger partial charge in [0.1, 0.15) is 0 Å². The average Bonchev–Trinajstić information content (AvgIpc) is 3.47. The molecular weight excluding hydrogens is 667 g/mol. The Morgan fingerprint density at radius 2 is 1.04 bits per heavy atom. The number of fused-ring (bicyclic) bond motifs is 5. The minimum atomic E-state index is -0.164. The Hall–Kier alpha value is -7.15. The summed E-state index contributed by atoms with van der Waals surface area (Å²) in [5.41, 5.74) is 15.0. The summed E-state index contributed by atoms with van der Waals surface area (Å²) in [5.74, 6) is 0.695. The van der Waals surface area contributed by atoms with Gasteiger partial charge in [0, 0.05) is 22.1 Å². The van der Waals surface area contributed by atoms with Crippen LogP contribution in [0.5, 0.6) is 0 Å². The van der Waals surface area contributed by atoms with Gasteiger partial charge in [-0.2, -0.15) is 5.26 Å². The topological polar surface area (TPSA) is 49.6 Å². The fourth-order valence-corrected chi connectivity index (χ4v) is 8.58. The van der Waals surface area contributed by atoms with Crippen LogP contribution in [0.1, 0.15) is 30.5 Å². The van der Waals surface area contributed by atoms with Gasteiger partial charge in [0.25, 0.3) is 0 Å². The van der Waals surface area contributed by atoms with E-state index in [9.17, 15) is 5.26 Å². The van der Waals surface area contributed by atoms with Crippen LogP contribution in [0.25, 0.3) is 88.8 Å². The van der Waals surface area contributed by atoms with Crippen molar-refractivity contribution in [1.82, 2.24) is 9.97 Å². The minimum absolute atomic E-state index is 0.164. The normalized spacial score (nSPS) is 12.7. The predicted octanol–water partition coefficient (Wildman–Crippen LogP) is 13.3. The van der Waals surface area contributed by atoms with Crippen molar-refractivity contribution < 1.29 is 0 Å². The third-order valence-corrected chi connectivity index (χ3v) is 11.3. The summed E-state index contributed by atoms with van der Waals surface area (Å²) in [6.07, 6.45) is 0. The Bertz CT molecular complexity index is 3010. The molecule has 0 unspecified atom stereocenters. The van der Waals surface area contributed by atoms with Crippen LogP contribution in [0.3, 0.4) is 0 Å². The summed E-state index contributed by atoms with van der Waals surface area (Å²) in [5, 5.41) is 14.2. The largest absolute Gasteiger partial charge is 0.228 e. The summed E-state index contributed by atoms with van der Waals surface area (Å²) in [6, 6.07) is 64.2. The summed E-state index contributed by atoms with van der Waals surface area (Å²) in [6.45, 7) is 4.68. The molecule has 8 aromatic carbocycles. The average molecular weight is 702 g/mol. The van der Waals surface area contributed by atoms with Gasteiger partial charge in [-0.3, -0.25) is 0 Å². The van der Waals surface area contributed by atoms with E-state index in [0.717, 1.165) is 61.1 Å². The molecule has 55 heavy (non-hydrogen) atoms. The number of hydrogen-bond donors (Lipinski definition) is 0. The third kappa shape index (κ3) is 5.34. The lowest BCUT2D eigenvalue weighted by atomic mass is 9.81. The van der Waals surface area contributed by atoms with Crippen LogP contribution >= 0.6 is 0 Å². The first kappa shape index (κ1) is 32.5. The Morgan fingerprint density at radius 1 is 0.436 bits per heavy atom. The van der Waals surface area contributed by atoms with Gasteiger partial charge in [-0.15, -0.1) is 0 Å². The molecule has 1 aliphatic rings. The van der Waals surface area contributed by atoms with E-state index in [4.69, 9.17) is 9.97 Å². The molecule has 9 aromatic rings. The smallest absolute Gasteiger partial charge is 0.160 e. The molecule has 0 saturated carbocycles. The van der Waals surface area contributed by atoms with Crippen molar-refractivity contribution in [2.24, 2.45) is 0 Å². The number of aromatic nitrogens is 2. The molecule has 3 nitrogen and oxygen atoms in total. The first-order chi connectivity index (χ1) is 27.0. The SMILES string of the molecule is CC1(C)c2cc3ccccc3cc2-c2c(-c3cc(-c4ccc(-c5ccccc5-c5ccc(C#N)cc5)c5ccccc45)nc(-c4ccccc4)n3)cccc21. The van der Waals surface area contributed by atoms with Crippen molar-refractivity contribution in [3.8, 4) is 73.4 Å². The molecule has 1 aromatic heterocycles. The fourth-order valence-electron chi connectivity index (χ4n) is 8.58. The van der Waals surface area contributed by atoms with Crippen molar-refractivity contribution >= 4 is 21.5 Å². The molecule has 0 atom stereocenters. The number of rotatable bonds is 5. The number of benzene rings is 8. The van der Waals surface area contributed by atoms with E-state index < -0.39 is 0 Å². The predicted molar refractivity (Wildman–Crippen MR) is 227 cm³/mol. The van der Waals surface area contributed by atoms with E-state index in [1.165, 1.54) is 33.0 Å². The maximum absolute atomic E-state index is 9.41. The lowest BCUT2D eigenvalue weighted by Crippen LogP contribution is -2.14. The summed E-state index contributed by atoms with van der Waals surface area (Å²) < 4.78 is 0. The summed E-state index contributed by atoms with van der Waals surface area (Å²) in [4.78, 5) is 10.6. The molecule has 0 N–H and O–H groups in total. The van der Waals surface area contributed by atoms with Gasteiger partial charge >= 0.3 is 0 Å². The molecule has 1 aliphatic carbocycles. The molecule has 0 radical (unpaired) electrons. The molecule has 1 heterocycles. The van der Waals surface area contributed by atoms with E-state index in [-0.39, 0.29) is 5.41 Å². The second-order valence-electron chi connectivity index (χ2n) is 14.9. The van der Waals surface area contributed by atoms with Gasteiger partial charge < -0.3 is 0 Å². The second-order valence-corrected chi connectivity index (χ2v) is 14.9. The van der Waals surface area contributed by atoms with Crippen LogP contribution in [0.2, 0.25) is 0 Å². The number of nitriles is 1. The van der Waals surface area contributed by atoms with Gasteiger partial charge in [-0.1, -0.05) is 159 Å². The highest BCUT2D eigenvalue weighted by atomic mass is 14.9. The molecule has 0 spiro atoms. The molecule has 0 amide bonds. The van der Waals surface area contributed by atoms with Crippen molar-refractivity contribution in [1.29, 1.82) is 5.26 Å². The van der Waals surface area contributed by atoms with Gasteiger partial charge in [0.2, 0.25) is 0 Å². The van der Waals surface area contributed by atoms with Crippen molar-refractivity contribution in [2.45, 2.75) is 19.3 Å². The molecule has 0 aliphatic heterocycles. The van der Waals surface area contributed by atoms with Crippen LogP contribution in [0.4, 0.5) is 0 Å². The molecule has 258 valence electrons. The van der Waals surface area contributed by atoms with Gasteiger partial charge in [0.15, 0.2) is 5.82 Å². The Balaban J connectivity index is 1.19. The molecule has 10 rings (SSSR count). The van der Waals surface area contributed by atoms with Gasteiger partial charge in [-0.05, 0) is 96.4 Å². The highest BCUT2D eigenvalue weighted by molar-refractivity contribution is 6.07. The van der Waals surface area contributed by atoms with E-state index in [1.54, 1.807) is 0 Å². The first-order valence-corrected chi connectivity index (χ1v) is 18.7. The zero-order valence-corrected chi connectivity index (χ0v) is 30.6. The summed E-state index contributed by atoms with van der Waals surface area (Å²) in [7, 11) is 0. The standard InChI is InChI=1S/C52H35N3/c1-52(2)46-22-12-21-44(50(46)45-29-36-15-6-7-16-37(36)30-47(45)52)49-31-48(54-51(55-49)35-13-4-3-5-14-35)43-28-27-42(40-19-10-11-20-41(40)43)39-18-9-8-17-38(39)34-25-23-33(32-53)24-26-34/h3-31H,1-2H3. The van der Waals surface area contributed by atoms with Crippen molar-refractivity contribution in [3.05, 3.63) is 193 Å². The molecule has 0 saturated heterocycles. The third-order valence-electron chi connectivity index (χ3n) is 11.3. The van der Waals surface area contributed by atoms with Crippen LogP contribution in [-0.2, 0) is 5.41 Å². The minimum Gasteiger partial charge on any atom is -0.228 e. The number of hydrogen-bond acceptors (Lipinski definition) is 3. The van der Waals surface area contributed by atoms with Crippen molar-refractivity contribution in [3.63, 3.8) is 0 Å². The lowest BCUT2D eigenvalue weighted by Gasteiger charge is -2.22. The monoisotopic (exact) mass is 701 g/mol. The van der Waals surface area contributed by atoms with E-state index in [1.807, 2.05) is 42.5 Å². The van der Waals surface area contributed by atoms with Crippen LogP contribution in [-0.4, -0.2) is 9.97 Å². The van der Waals surface area contributed by atoms with E-state index >= 15 is 0 Å². The Morgan fingerprint density at radius 3 is 1.78 bits per heavy atom. The molecule has 0 bridgehead atoms. The van der Waals surface area contributed by atoms with E-state index in [0.29, 0.717) is 11.4 Å². The molecule has 0 fully saturated rings. The maximum Gasteiger partial charge on any atom is 0.160 e. The van der Waals surface area contributed by atoms with Gasteiger partial charge in [-0.25, -0.2) is 9.97 Å². The Labute approximate surface area is 320 Å².